The molecule has 168 valence electrons. The van der Waals surface area contributed by atoms with Crippen LogP contribution in [0.25, 0.3) is 0 Å². The molecule has 0 bridgehead atoms. The zero-order valence-corrected chi connectivity index (χ0v) is 19.1. The number of benzene rings is 1. The minimum atomic E-state index is -3.23. The Labute approximate surface area is 179 Å². The van der Waals surface area contributed by atoms with Crippen molar-refractivity contribution in [3.63, 3.8) is 0 Å². The Kier molecular flexibility index (Phi) is 8.66. The third-order valence-corrected chi connectivity index (χ3v) is 7.22. The summed E-state index contributed by atoms with van der Waals surface area (Å²) >= 11 is 0. The van der Waals surface area contributed by atoms with E-state index in [0.29, 0.717) is 37.7 Å². The van der Waals surface area contributed by atoms with Gasteiger partial charge in [-0.15, -0.1) is 0 Å². The highest BCUT2D eigenvalue weighted by atomic mass is 32.2. The van der Waals surface area contributed by atoms with Crippen molar-refractivity contribution in [1.29, 1.82) is 0 Å². The Morgan fingerprint density at radius 3 is 2.27 bits per heavy atom. The average Bonchev–Trinajstić information content (AvgIpc) is 2.73. The maximum absolute atomic E-state index is 12.2. The number of carbonyl (C=O) groups is 2. The number of carbonyl (C=O) groups excluding carboxylic acids is 2. The second-order valence-corrected chi connectivity index (χ2v) is 9.91. The second-order valence-electron chi connectivity index (χ2n) is 7.66. The van der Waals surface area contributed by atoms with Crippen molar-refractivity contribution in [3.05, 3.63) is 24.3 Å². The predicted molar refractivity (Wildman–Crippen MR) is 118 cm³/mol. The van der Waals surface area contributed by atoms with Gasteiger partial charge >= 0.3 is 5.97 Å². The predicted octanol–water partition coefficient (Wildman–Crippen LogP) is 2.46. The Morgan fingerprint density at radius 2 is 1.77 bits per heavy atom. The van der Waals surface area contributed by atoms with E-state index in [-0.39, 0.29) is 18.3 Å². The van der Waals surface area contributed by atoms with E-state index in [1.54, 1.807) is 6.92 Å². The molecule has 0 unspecified atom stereocenters. The molecule has 1 fully saturated rings. The summed E-state index contributed by atoms with van der Waals surface area (Å²) in [5.74, 6) is -1.18. The fourth-order valence-corrected chi connectivity index (χ4v) is 4.72. The highest BCUT2D eigenvalue weighted by Crippen LogP contribution is 2.22. The van der Waals surface area contributed by atoms with Crippen LogP contribution in [0.4, 0.5) is 11.4 Å². The van der Waals surface area contributed by atoms with Gasteiger partial charge in [-0.2, -0.15) is 0 Å². The molecule has 1 aromatic carbocycles. The molecule has 1 amide bonds. The maximum atomic E-state index is 12.2. The summed E-state index contributed by atoms with van der Waals surface area (Å²) < 4.78 is 30.3. The zero-order chi connectivity index (χ0) is 22.3. The van der Waals surface area contributed by atoms with E-state index in [0.717, 1.165) is 12.2 Å². The lowest BCUT2D eigenvalue weighted by Gasteiger charge is -2.29. The summed E-state index contributed by atoms with van der Waals surface area (Å²) in [5, 5.41) is 2.73. The number of hydrogen-bond donors (Lipinski definition) is 1. The van der Waals surface area contributed by atoms with Gasteiger partial charge in [-0.3, -0.25) is 9.59 Å². The second kappa shape index (κ2) is 10.8. The SMILES string of the molecule is CCN(c1ccc(NC(=O)COC(=O)C2CCN(S(=O)(=O)CC)CC2)cc1)C(C)C. The van der Waals surface area contributed by atoms with E-state index >= 15 is 0 Å². The molecule has 0 atom stereocenters. The first-order valence-corrected chi connectivity index (χ1v) is 12.1. The quantitative estimate of drug-likeness (QED) is 0.594. The monoisotopic (exact) mass is 439 g/mol. The Bertz CT molecular complexity index is 816. The van der Waals surface area contributed by atoms with Crippen LogP contribution in [0, 0.1) is 5.92 Å². The number of nitrogens with one attached hydrogen (secondary N) is 1. The number of anilines is 2. The molecule has 1 aliphatic rings. The third kappa shape index (κ3) is 6.43. The van der Waals surface area contributed by atoms with Crippen molar-refractivity contribution in [3.8, 4) is 0 Å². The van der Waals surface area contributed by atoms with Crippen molar-refractivity contribution in [2.75, 3.05) is 42.2 Å². The van der Waals surface area contributed by atoms with E-state index in [1.807, 2.05) is 24.3 Å². The third-order valence-electron chi connectivity index (χ3n) is 5.34. The van der Waals surface area contributed by atoms with Crippen LogP contribution in [-0.2, 0) is 24.3 Å². The average molecular weight is 440 g/mol. The van der Waals surface area contributed by atoms with E-state index in [2.05, 4.69) is 31.0 Å². The zero-order valence-electron chi connectivity index (χ0n) is 18.3. The molecule has 30 heavy (non-hydrogen) atoms. The smallest absolute Gasteiger partial charge is 0.309 e. The number of hydrogen-bond acceptors (Lipinski definition) is 6. The minimum Gasteiger partial charge on any atom is -0.455 e. The number of rotatable bonds is 9. The van der Waals surface area contributed by atoms with Crippen LogP contribution in [0.5, 0.6) is 0 Å². The fourth-order valence-electron chi connectivity index (χ4n) is 3.59. The number of piperidine rings is 1. The molecule has 1 N–H and O–H groups in total. The van der Waals surface area contributed by atoms with Gasteiger partial charge in [-0.25, -0.2) is 12.7 Å². The van der Waals surface area contributed by atoms with Gasteiger partial charge in [-0.05, 0) is 64.8 Å². The molecule has 8 nitrogen and oxygen atoms in total. The Balaban J connectivity index is 1.79. The first kappa shape index (κ1) is 24.1. The van der Waals surface area contributed by atoms with Crippen molar-refractivity contribution < 1.29 is 22.7 Å². The van der Waals surface area contributed by atoms with Gasteiger partial charge in [0.25, 0.3) is 5.91 Å². The van der Waals surface area contributed by atoms with Gasteiger partial charge in [0.05, 0.1) is 11.7 Å². The molecule has 1 heterocycles. The summed E-state index contributed by atoms with van der Waals surface area (Å²) in [6.45, 7) is 9.09. The lowest BCUT2D eigenvalue weighted by molar-refractivity contribution is -0.152. The molecule has 1 aliphatic heterocycles. The van der Waals surface area contributed by atoms with Crippen molar-refractivity contribution in [1.82, 2.24) is 4.31 Å². The molecule has 2 rings (SSSR count). The van der Waals surface area contributed by atoms with Crippen LogP contribution in [0.15, 0.2) is 24.3 Å². The minimum absolute atomic E-state index is 0.0528. The van der Waals surface area contributed by atoms with Crippen LogP contribution in [0.1, 0.15) is 40.5 Å². The molecule has 9 heteroatoms. The number of ether oxygens (including phenoxy) is 1. The van der Waals surface area contributed by atoms with E-state index in [9.17, 15) is 18.0 Å². The summed E-state index contributed by atoms with van der Waals surface area (Å²) in [7, 11) is -3.23. The highest BCUT2D eigenvalue weighted by molar-refractivity contribution is 7.89. The van der Waals surface area contributed by atoms with E-state index < -0.39 is 21.9 Å². The lowest BCUT2D eigenvalue weighted by atomic mass is 9.98. The number of esters is 1. The number of sulfonamides is 1. The topological polar surface area (TPSA) is 96.0 Å². The van der Waals surface area contributed by atoms with Crippen molar-refractivity contribution >= 4 is 33.3 Å². The van der Waals surface area contributed by atoms with Crippen LogP contribution >= 0.6 is 0 Å². The number of nitrogens with zero attached hydrogens (tertiary/aromatic N) is 2. The summed E-state index contributed by atoms with van der Waals surface area (Å²) in [4.78, 5) is 26.6. The van der Waals surface area contributed by atoms with Crippen molar-refractivity contribution in [2.45, 2.75) is 46.6 Å². The van der Waals surface area contributed by atoms with E-state index in [1.165, 1.54) is 4.31 Å². The summed E-state index contributed by atoms with van der Waals surface area (Å²) in [5.41, 5.74) is 1.71. The van der Waals surface area contributed by atoms with E-state index in [4.69, 9.17) is 4.74 Å². The van der Waals surface area contributed by atoms with Gasteiger partial charge < -0.3 is 15.0 Å². The van der Waals surface area contributed by atoms with Crippen molar-refractivity contribution in [2.24, 2.45) is 5.92 Å². The standard InChI is InChI=1S/C21H33N3O5S/c1-5-24(16(3)4)19-9-7-18(8-10-19)22-20(25)15-29-21(26)17-11-13-23(14-12-17)30(27,28)6-2/h7-10,16-17H,5-6,11-15H2,1-4H3,(H,22,25). The molecule has 0 aromatic heterocycles. The van der Waals surface area contributed by atoms with Gasteiger partial charge in [0.2, 0.25) is 10.0 Å². The molecule has 0 radical (unpaired) electrons. The largest absolute Gasteiger partial charge is 0.455 e. The molecule has 1 aromatic rings. The normalized spacial score (nSPS) is 15.8. The maximum Gasteiger partial charge on any atom is 0.309 e. The van der Waals surface area contributed by atoms with Crippen LogP contribution in [0.2, 0.25) is 0 Å². The first-order valence-electron chi connectivity index (χ1n) is 10.5. The Morgan fingerprint density at radius 1 is 1.17 bits per heavy atom. The fraction of sp³-hybridized carbons (Fsp3) is 0.619. The molecule has 1 saturated heterocycles. The molecular weight excluding hydrogens is 406 g/mol. The summed E-state index contributed by atoms with van der Waals surface area (Å²) in [6, 6.07) is 7.92. The van der Waals surface area contributed by atoms with Gasteiger partial charge in [0, 0.05) is 37.1 Å². The van der Waals surface area contributed by atoms with Gasteiger partial charge in [0.15, 0.2) is 6.61 Å². The molecular formula is C21H33N3O5S. The molecule has 0 spiro atoms. The van der Waals surface area contributed by atoms with Crippen LogP contribution in [-0.4, -0.2) is 62.6 Å². The lowest BCUT2D eigenvalue weighted by Crippen LogP contribution is -2.41. The van der Waals surface area contributed by atoms with Gasteiger partial charge in [0.1, 0.15) is 0 Å². The molecule has 0 aliphatic carbocycles. The highest BCUT2D eigenvalue weighted by Gasteiger charge is 2.31. The summed E-state index contributed by atoms with van der Waals surface area (Å²) in [6.07, 6.45) is 0.815. The molecule has 0 saturated carbocycles. The van der Waals surface area contributed by atoms with Crippen LogP contribution < -0.4 is 10.2 Å². The Hall–Kier alpha value is -2.13. The first-order chi connectivity index (χ1) is 14.2. The number of amides is 1. The van der Waals surface area contributed by atoms with Crippen LogP contribution in [0.3, 0.4) is 0 Å². The van der Waals surface area contributed by atoms with Gasteiger partial charge in [-0.1, -0.05) is 0 Å².